The topological polar surface area (TPSA) is 80.6 Å². The predicted octanol–water partition coefficient (Wildman–Crippen LogP) is 4.77. The van der Waals surface area contributed by atoms with Gasteiger partial charge in [0, 0.05) is 5.69 Å². The van der Waals surface area contributed by atoms with Crippen molar-refractivity contribution in [3.63, 3.8) is 0 Å². The molecule has 0 heterocycles. The number of benzene rings is 3. The van der Waals surface area contributed by atoms with E-state index in [2.05, 4.69) is 5.32 Å². The molecule has 0 spiro atoms. The van der Waals surface area contributed by atoms with E-state index in [0.29, 0.717) is 35.1 Å². The third kappa shape index (κ3) is 6.01. The van der Waals surface area contributed by atoms with Gasteiger partial charge in [-0.15, -0.1) is 0 Å². The second-order valence-electron chi connectivity index (χ2n) is 6.01. The number of nitriles is 1. The zero-order valence-electron chi connectivity index (χ0n) is 15.9. The lowest BCUT2D eigenvalue weighted by atomic mass is 10.2. The van der Waals surface area contributed by atoms with Gasteiger partial charge in [-0.1, -0.05) is 6.07 Å². The van der Waals surface area contributed by atoms with E-state index in [9.17, 15) is 4.79 Å². The van der Waals surface area contributed by atoms with Gasteiger partial charge in [0.25, 0.3) is 5.91 Å². The lowest BCUT2D eigenvalue weighted by Crippen LogP contribution is -2.20. The average Bonchev–Trinajstić information content (AvgIpc) is 2.75. The molecule has 1 amide bonds. The van der Waals surface area contributed by atoms with Crippen LogP contribution in [-0.4, -0.2) is 19.1 Å². The first-order chi connectivity index (χ1) is 14.2. The molecule has 3 rings (SSSR count). The Kier molecular flexibility index (Phi) is 6.69. The summed E-state index contributed by atoms with van der Waals surface area (Å²) in [4.78, 5) is 12.1. The Morgan fingerprint density at radius 2 is 1.55 bits per heavy atom. The lowest BCUT2D eigenvalue weighted by molar-refractivity contribution is -0.118. The minimum atomic E-state index is -0.299. The molecule has 146 valence electrons. The summed E-state index contributed by atoms with van der Waals surface area (Å²) in [6.07, 6.45) is 0. The van der Waals surface area contributed by atoms with Crippen LogP contribution in [0.4, 0.5) is 5.69 Å². The standard InChI is InChI=1S/C23H20N2O4/c1-2-27-19-10-12-21(13-11-19)29-20-8-6-18(7-9-20)25-23(26)16-28-22-5-3-4-17(14-22)15-24/h3-14H,2,16H2,1H3,(H,25,26). The number of carbonyl (C=O) groups is 1. The van der Waals surface area contributed by atoms with Crippen LogP contribution < -0.4 is 19.5 Å². The first kappa shape index (κ1) is 19.8. The maximum absolute atomic E-state index is 12.1. The fraction of sp³-hybridized carbons (Fsp3) is 0.130. The third-order valence-electron chi connectivity index (χ3n) is 3.84. The minimum Gasteiger partial charge on any atom is -0.494 e. The summed E-state index contributed by atoms with van der Waals surface area (Å²) in [7, 11) is 0. The van der Waals surface area contributed by atoms with E-state index in [1.54, 1.807) is 48.5 Å². The molecular weight excluding hydrogens is 368 g/mol. The Labute approximate surface area is 169 Å². The van der Waals surface area contributed by atoms with Crippen LogP contribution in [-0.2, 0) is 4.79 Å². The molecule has 0 saturated carbocycles. The van der Waals surface area contributed by atoms with Crippen molar-refractivity contribution in [1.82, 2.24) is 0 Å². The molecule has 0 aliphatic carbocycles. The minimum absolute atomic E-state index is 0.153. The van der Waals surface area contributed by atoms with E-state index in [1.807, 2.05) is 37.3 Å². The highest BCUT2D eigenvalue weighted by Gasteiger charge is 2.05. The molecule has 0 atom stereocenters. The van der Waals surface area contributed by atoms with Crippen LogP contribution in [0.1, 0.15) is 12.5 Å². The maximum Gasteiger partial charge on any atom is 0.262 e. The summed E-state index contributed by atoms with van der Waals surface area (Å²) in [5.74, 6) is 2.31. The van der Waals surface area contributed by atoms with Crippen LogP contribution in [0.2, 0.25) is 0 Å². The summed E-state index contributed by atoms with van der Waals surface area (Å²) in [6, 6.07) is 23.1. The van der Waals surface area contributed by atoms with Crippen molar-refractivity contribution < 1.29 is 19.0 Å². The maximum atomic E-state index is 12.1. The van der Waals surface area contributed by atoms with Gasteiger partial charge >= 0.3 is 0 Å². The molecule has 3 aromatic carbocycles. The van der Waals surface area contributed by atoms with Crippen LogP contribution in [0.5, 0.6) is 23.0 Å². The molecule has 0 aliphatic rings. The predicted molar refractivity (Wildman–Crippen MR) is 109 cm³/mol. The number of nitrogens with zero attached hydrogens (tertiary/aromatic N) is 1. The fourth-order valence-electron chi connectivity index (χ4n) is 2.51. The van der Waals surface area contributed by atoms with Crippen molar-refractivity contribution in [3.8, 4) is 29.1 Å². The van der Waals surface area contributed by atoms with Gasteiger partial charge in [0.2, 0.25) is 0 Å². The Hall–Kier alpha value is -3.98. The number of rotatable bonds is 8. The number of amides is 1. The van der Waals surface area contributed by atoms with Crippen molar-refractivity contribution in [2.24, 2.45) is 0 Å². The zero-order valence-corrected chi connectivity index (χ0v) is 15.9. The molecular formula is C23H20N2O4. The third-order valence-corrected chi connectivity index (χ3v) is 3.84. The van der Waals surface area contributed by atoms with Crippen LogP contribution in [0, 0.1) is 11.3 Å². The molecule has 0 radical (unpaired) electrons. The van der Waals surface area contributed by atoms with Gasteiger partial charge in [-0.2, -0.15) is 5.26 Å². The fourth-order valence-corrected chi connectivity index (χ4v) is 2.51. The van der Waals surface area contributed by atoms with Gasteiger partial charge in [0.1, 0.15) is 23.0 Å². The highest BCUT2D eigenvalue weighted by molar-refractivity contribution is 5.91. The van der Waals surface area contributed by atoms with Gasteiger partial charge in [-0.05, 0) is 73.7 Å². The molecule has 6 heteroatoms. The van der Waals surface area contributed by atoms with Crippen molar-refractivity contribution in [1.29, 1.82) is 5.26 Å². The number of hydrogen-bond acceptors (Lipinski definition) is 5. The quantitative estimate of drug-likeness (QED) is 0.601. The lowest BCUT2D eigenvalue weighted by Gasteiger charge is -2.10. The highest BCUT2D eigenvalue weighted by Crippen LogP contribution is 2.25. The molecule has 0 fully saturated rings. The number of carbonyl (C=O) groups excluding carboxylic acids is 1. The first-order valence-electron chi connectivity index (χ1n) is 9.10. The second-order valence-corrected chi connectivity index (χ2v) is 6.01. The van der Waals surface area contributed by atoms with E-state index >= 15 is 0 Å². The molecule has 3 aromatic rings. The normalized spacial score (nSPS) is 9.93. The monoisotopic (exact) mass is 388 g/mol. The van der Waals surface area contributed by atoms with E-state index < -0.39 is 0 Å². The Morgan fingerprint density at radius 1 is 0.897 bits per heavy atom. The van der Waals surface area contributed by atoms with Crippen molar-refractivity contribution in [2.45, 2.75) is 6.92 Å². The van der Waals surface area contributed by atoms with E-state index in [4.69, 9.17) is 19.5 Å². The van der Waals surface area contributed by atoms with Gasteiger partial charge < -0.3 is 19.5 Å². The van der Waals surface area contributed by atoms with Crippen molar-refractivity contribution in [2.75, 3.05) is 18.5 Å². The van der Waals surface area contributed by atoms with E-state index in [0.717, 1.165) is 5.75 Å². The summed E-state index contributed by atoms with van der Waals surface area (Å²) in [6.45, 7) is 2.40. The Morgan fingerprint density at radius 3 is 2.21 bits per heavy atom. The summed E-state index contributed by atoms with van der Waals surface area (Å²) < 4.78 is 16.6. The van der Waals surface area contributed by atoms with Crippen molar-refractivity contribution >= 4 is 11.6 Å². The molecule has 0 aliphatic heterocycles. The molecule has 1 N–H and O–H groups in total. The summed E-state index contributed by atoms with van der Waals surface area (Å²) in [5, 5.41) is 11.6. The van der Waals surface area contributed by atoms with Crippen LogP contribution in [0.25, 0.3) is 0 Å². The SMILES string of the molecule is CCOc1ccc(Oc2ccc(NC(=O)COc3cccc(C#N)c3)cc2)cc1. The van der Waals surface area contributed by atoms with E-state index in [1.165, 1.54) is 0 Å². The van der Waals surface area contributed by atoms with Crippen LogP contribution in [0.3, 0.4) is 0 Å². The molecule has 0 saturated heterocycles. The summed E-state index contributed by atoms with van der Waals surface area (Å²) >= 11 is 0. The zero-order chi connectivity index (χ0) is 20.5. The molecule has 29 heavy (non-hydrogen) atoms. The van der Waals surface area contributed by atoms with Crippen LogP contribution >= 0.6 is 0 Å². The van der Waals surface area contributed by atoms with Gasteiger partial charge in [-0.3, -0.25) is 4.79 Å². The Bertz CT molecular complexity index is 993. The van der Waals surface area contributed by atoms with Crippen LogP contribution in [0.15, 0.2) is 72.8 Å². The highest BCUT2D eigenvalue weighted by atomic mass is 16.5. The van der Waals surface area contributed by atoms with Gasteiger partial charge in [0.05, 0.1) is 18.2 Å². The molecule has 0 bridgehead atoms. The number of anilines is 1. The van der Waals surface area contributed by atoms with Crippen molar-refractivity contribution in [3.05, 3.63) is 78.4 Å². The van der Waals surface area contributed by atoms with E-state index in [-0.39, 0.29) is 12.5 Å². The first-order valence-corrected chi connectivity index (χ1v) is 9.10. The van der Waals surface area contributed by atoms with Gasteiger partial charge in [0.15, 0.2) is 6.61 Å². The number of ether oxygens (including phenoxy) is 3. The molecule has 0 aromatic heterocycles. The summed E-state index contributed by atoms with van der Waals surface area (Å²) in [5.41, 5.74) is 1.11. The largest absolute Gasteiger partial charge is 0.494 e. The number of nitrogens with one attached hydrogen (secondary N) is 1. The molecule has 0 unspecified atom stereocenters. The smallest absolute Gasteiger partial charge is 0.262 e. The number of hydrogen-bond donors (Lipinski definition) is 1. The second kappa shape index (κ2) is 9.81. The molecule has 6 nitrogen and oxygen atoms in total. The Balaban J connectivity index is 1.50. The average molecular weight is 388 g/mol. The van der Waals surface area contributed by atoms with Gasteiger partial charge in [-0.25, -0.2) is 0 Å².